The summed E-state index contributed by atoms with van der Waals surface area (Å²) in [5.41, 5.74) is 2.39. The largest absolute Gasteiger partial charge is 0.337 e. The first-order valence-electron chi connectivity index (χ1n) is 9.47. The Kier molecular flexibility index (Phi) is 5.39. The number of hydrogen-bond acceptors (Lipinski definition) is 6. The van der Waals surface area contributed by atoms with Crippen LogP contribution in [0.1, 0.15) is 28.9 Å². The highest BCUT2D eigenvalue weighted by Gasteiger charge is 2.29. The van der Waals surface area contributed by atoms with Crippen LogP contribution in [0.5, 0.6) is 0 Å². The molecule has 9 heteroatoms. The summed E-state index contributed by atoms with van der Waals surface area (Å²) in [6.45, 7) is 3.03. The zero-order chi connectivity index (χ0) is 20.4. The van der Waals surface area contributed by atoms with E-state index in [9.17, 15) is 9.59 Å². The van der Waals surface area contributed by atoms with Crippen LogP contribution in [0.4, 0.5) is 5.82 Å². The van der Waals surface area contributed by atoms with Crippen molar-refractivity contribution in [2.45, 2.75) is 19.8 Å². The predicted molar refractivity (Wildman–Crippen MR) is 111 cm³/mol. The number of carbonyl (C=O) groups is 2. The summed E-state index contributed by atoms with van der Waals surface area (Å²) in [7, 11) is 1.85. The van der Waals surface area contributed by atoms with E-state index >= 15 is 0 Å². The Morgan fingerprint density at radius 1 is 1.21 bits per heavy atom. The molecule has 150 valence electrons. The summed E-state index contributed by atoms with van der Waals surface area (Å²) < 4.78 is 1.71. The zero-order valence-corrected chi connectivity index (χ0v) is 17.1. The van der Waals surface area contributed by atoms with E-state index in [-0.39, 0.29) is 17.7 Å². The highest BCUT2D eigenvalue weighted by Crippen LogP contribution is 2.25. The molecule has 1 fully saturated rings. The second-order valence-electron chi connectivity index (χ2n) is 7.22. The Hall–Kier alpha value is -3.07. The Balaban J connectivity index is 1.33. The predicted octanol–water partition coefficient (Wildman–Crippen LogP) is 2.74. The molecule has 29 heavy (non-hydrogen) atoms. The summed E-state index contributed by atoms with van der Waals surface area (Å²) in [5, 5.41) is 9.57. The third kappa shape index (κ3) is 4.34. The minimum atomic E-state index is -0.122. The molecule has 0 spiro atoms. The number of amides is 2. The Labute approximate surface area is 172 Å². The van der Waals surface area contributed by atoms with Gasteiger partial charge in [-0.3, -0.25) is 14.3 Å². The number of aryl methyl sites for hydroxylation is 2. The van der Waals surface area contributed by atoms with Crippen molar-refractivity contribution in [1.82, 2.24) is 24.6 Å². The van der Waals surface area contributed by atoms with Gasteiger partial charge in [-0.1, -0.05) is 6.07 Å². The highest BCUT2D eigenvalue weighted by atomic mass is 32.1. The first-order valence-corrected chi connectivity index (χ1v) is 10.3. The van der Waals surface area contributed by atoms with Crippen LogP contribution in [0.3, 0.4) is 0 Å². The van der Waals surface area contributed by atoms with Crippen LogP contribution in [0.15, 0.2) is 36.1 Å². The monoisotopic (exact) mass is 410 g/mol. The fourth-order valence-corrected chi connectivity index (χ4v) is 4.08. The maximum absolute atomic E-state index is 12.8. The van der Waals surface area contributed by atoms with Gasteiger partial charge in [-0.25, -0.2) is 9.97 Å². The smallest absolute Gasteiger partial charge is 0.273 e. The average molecular weight is 411 g/mol. The van der Waals surface area contributed by atoms with Gasteiger partial charge in [-0.2, -0.15) is 5.10 Å². The molecule has 8 nitrogen and oxygen atoms in total. The number of rotatable bonds is 4. The summed E-state index contributed by atoms with van der Waals surface area (Å²) in [5.74, 6) is 0.310. The van der Waals surface area contributed by atoms with E-state index in [1.165, 1.54) is 11.3 Å². The Morgan fingerprint density at radius 3 is 2.66 bits per heavy atom. The van der Waals surface area contributed by atoms with Crippen LogP contribution in [0.2, 0.25) is 0 Å². The number of piperidine rings is 1. The number of hydrogen-bond donors (Lipinski definition) is 1. The molecular weight excluding hydrogens is 388 g/mol. The van der Waals surface area contributed by atoms with Gasteiger partial charge in [0.15, 0.2) is 0 Å². The molecule has 4 rings (SSSR count). The average Bonchev–Trinajstić information content (AvgIpc) is 3.38. The third-order valence-electron chi connectivity index (χ3n) is 4.99. The molecule has 0 bridgehead atoms. The van der Waals surface area contributed by atoms with Crippen LogP contribution in [-0.2, 0) is 11.8 Å². The highest BCUT2D eigenvalue weighted by molar-refractivity contribution is 7.13. The summed E-state index contributed by atoms with van der Waals surface area (Å²) in [4.78, 5) is 35.7. The van der Waals surface area contributed by atoms with E-state index in [2.05, 4.69) is 20.4 Å². The number of carbonyl (C=O) groups excluding carboxylic acids is 2. The van der Waals surface area contributed by atoms with E-state index in [1.54, 1.807) is 33.4 Å². The molecule has 0 aliphatic carbocycles. The molecule has 0 radical (unpaired) electrons. The molecule has 1 saturated heterocycles. The van der Waals surface area contributed by atoms with E-state index < -0.39 is 0 Å². The standard InChI is InChI=1S/C20H22N6O2S/c1-13-3-4-17(21-9-13)24-18(27)14-5-7-26(8-6-14)20(28)16-12-29-19(23-16)15-10-22-25(2)11-15/h3-4,9-12,14H,5-8H2,1-2H3,(H,21,24,27). The van der Waals surface area contributed by atoms with Gasteiger partial charge >= 0.3 is 0 Å². The number of nitrogens with one attached hydrogen (secondary N) is 1. The Bertz CT molecular complexity index is 1020. The maximum Gasteiger partial charge on any atom is 0.273 e. The minimum Gasteiger partial charge on any atom is -0.337 e. The van der Waals surface area contributed by atoms with Gasteiger partial charge in [0, 0.05) is 49.4 Å². The topological polar surface area (TPSA) is 93.0 Å². The van der Waals surface area contributed by atoms with Gasteiger partial charge in [0.1, 0.15) is 16.5 Å². The number of aromatic nitrogens is 4. The second kappa shape index (κ2) is 8.12. The van der Waals surface area contributed by atoms with Gasteiger partial charge in [0.05, 0.1) is 6.20 Å². The van der Waals surface area contributed by atoms with Crippen LogP contribution < -0.4 is 5.32 Å². The van der Waals surface area contributed by atoms with Gasteiger partial charge in [0.25, 0.3) is 5.91 Å². The molecule has 1 aliphatic rings. The van der Waals surface area contributed by atoms with Crippen LogP contribution in [0.25, 0.3) is 10.6 Å². The first-order chi connectivity index (χ1) is 14.0. The number of anilines is 1. The quantitative estimate of drug-likeness (QED) is 0.714. The molecule has 0 saturated carbocycles. The van der Waals surface area contributed by atoms with Crippen molar-refractivity contribution in [2.75, 3.05) is 18.4 Å². The molecule has 1 N–H and O–H groups in total. The lowest BCUT2D eigenvalue weighted by Gasteiger charge is -2.30. The van der Waals surface area contributed by atoms with Crippen molar-refractivity contribution >= 4 is 29.0 Å². The molecular formula is C20H22N6O2S. The minimum absolute atomic E-state index is 0.0408. The van der Waals surface area contributed by atoms with Crippen LogP contribution in [-0.4, -0.2) is 49.6 Å². The molecule has 1 aliphatic heterocycles. The lowest BCUT2D eigenvalue weighted by atomic mass is 9.95. The van der Waals surface area contributed by atoms with Gasteiger partial charge in [0.2, 0.25) is 5.91 Å². The normalized spacial score (nSPS) is 14.8. The fraction of sp³-hybridized carbons (Fsp3) is 0.350. The lowest BCUT2D eigenvalue weighted by molar-refractivity contribution is -0.121. The molecule has 3 aromatic rings. The number of nitrogens with zero attached hydrogens (tertiary/aromatic N) is 5. The summed E-state index contributed by atoms with van der Waals surface area (Å²) in [6.07, 6.45) is 6.59. The molecule has 0 atom stereocenters. The first kappa shape index (κ1) is 19.3. The SMILES string of the molecule is Cc1ccc(NC(=O)C2CCN(C(=O)c3csc(-c4cnn(C)c4)n3)CC2)nc1. The van der Waals surface area contributed by atoms with Crippen molar-refractivity contribution in [1.29, 1.82) is 0 Å². The van der Waals surface area contributed by atoms with Crippen molar-refractivity contribution in [3.8, 4) is 10.6 Å². The molecule has 2 amide bonds. The number of likely N-dealkylation sites (tertiary alicyclic amines) is 1. The van der Waals surface area contributed by atoms with Crippen molar-refractivity contribution in [3.05, 3.63) is 47.4 Å². The summed E-state index contributed by atoms with van der Waals surface area (Å²) >= 11 is 1.43. The van der Waals surface area contributed by atoms with Gasteiger partial charge < -0.3 is 10.2 Å². The van der Waals surface area contributed by atoms with E-state index in [0.29, 0.717) is 37.4 Å². The molecule has 4 heterocycles. The van der Waals surface area contributed by atoms with Crippen LogP contribution in [0, 0.1) is 12.8 Å². The zero-order valence-electron chi connectivity index (χ0n) is 16.3. The van der Waals surface area contributed by atoms with Crippen molar-refractivity contribution in [3.63, 3.8) is 0 Å². The van der Waals surface area contributed by atoms with Crippen molar-refractivity contribution < 1.29 is 9.59 Å². The lowest BCUT2D eigenvalue weighted by Crippen LogP contribution is -2.41. The maximum atomic E-state index is 12.8. The number of thiazole rings is 1. The van der Waals surface area contributed by atoms with Gasteiger partial charge in [-0.15, -0.1) is 11.3 Å². The van der Waals surface area contributed by atoms with Crippen LogP contribution >= 0.6 is 11.3 Å². The second-order valence-corrected chi connectivity index (χ2v) is 8.08. The van der Waals surface area contributed by atoms with E-state index in [4.69, 9.17) is 0 Å². The van der Waals surface area contributed by atoms with Gasteiger partial charge in [-0.05, 0) is 31.4 Å². The number of pyridine rings is 1. The third-order valence-corrected chi connectivity index (χ3v) is 5.88. The van der Waals surface area contributed by atoms with Crippen molar-refractivity contribution in [2.24, 2.45) is 13.0 Å². The van der Waals surface area contributed by atoms with E-state index in [0.717, 1.165) is 16.1 Å². The molecule has 0 unspecified atom stereocenters. The van der Waals surface area contributed by atoms with E-state index in [1.807, 2.05) is 26.2 Å². The summed E-state index contributed by atoms with van der Waals surface area (Å²) in [6, 6.07) is 3.71. The Morgan fingerprint density at radius 2 is 2.00 bits per heavy atom. The molecule has 0 aromatic carbocycles. The molecule has 3 aromatic heterocycles. The fourth-order valence-electron chi connectivity index (χ4n) is 3.31.